The Hall–Kier alpha value is -0.570. The largest absolute Gasteiger partial charge is 0.466 e. The predicted molar refractivity (Wildman–Crippen MR) is 83.8 cm³/mol. The van der Waals surface area contributed by atoms with Crippen LogP contribution in [0.4, 0.5) is 0 Å². The summed E-state index contributed by atoms with van der Waals surface area (Å²) < 4.78 is 5.16. The van der Waals surface area contributed by atoms with Crippen LogP contribution in [0.1, 0.15) is 73.1 Å². The topological polar surface area (TPSA) is 46.5 Å². The highest BCUT2D eigenvalue weighted by atomic mass is 16.5. The van der Waals surface area contributed by atoms with Gasteiger partial charge in [-0.25, -0.2) is 0 Å². The number of fused-ring (bicyclic) bond motifs is 1. The summed E-state index contributed by atoms with van der Waals surface area (Å²) in [5, 5.41) is 10.9. The van der Waals surface area contributed by atoms with Crippen LogP contribution < -0.4 is 0 Å². The van der Waals surface area contributed by atoms with E-state index >= 15 is 0 Å². The van der Waals surface area contributed by atoms with Crippen LogP contribution in [-0.4, -0.2) is 23.3 Å². The Morgan fingerprint density at radius 3 is 2.48 bits per heavy atom. The molecular weight excluding hydrogens is 264 g/mol. The fourth-order valence-electron chi connectivity index (χ4n) is 5.59. The summed E-state index contributed by atoms with van der Waals surface area (Å²) in [4.78, 5) is 11.0. The molecule has 1 N–H and O–H groups in total. The van der Waals surface area contributed by atoms with Gasteiger partial charge in [-0.3, -0.25) is 4.79 Å². The van der Waals surface area contributed by atoms with E-state index in [9.17, 15) is 9.90 Å². The van der Waals surface area contributed by atoms with E-state index in [0.29, 0.717) is 17.9 Å². The zero-order chi connectivity index (χ0) is 15.9. The Morgan fingerprint density at radius 2 is 1.86 bits per heavy atom. The molecule has 4 atom stereocenters. The maximum Gasteiger partial charge on any atom is 0.302 e. The fraction of sp³-hybridized carbons (Fsp3) is 0.944. The van der Waals surface area contributed by atoms with Gasteiger partial charge in [0.05, 0.1) is 12.2 Å². The third-order valence-electron chi connectivity index (χ3n) is 6.47. The first kappa shape index (κ1) is 16.8. The fourth-order valence-corrected chi connectivity index (χ4v) is 5.59. The van der Waals surface area contributed by atoms with Gasteiger partial charge in [0.15, 0.2) is 0 Å². The summed E-state index contributed by atoms with van der Waals surface area (Å²) in [5.41, 5.74) is -0.133. The van der Waals surface area contributed by atoms with Crippen molar-refractivity contribution in [1.82, 2.24) is 0 Å². The zero-order valence-corrected chi connectivity index (χ0v) is 14.4. The van der Waals surface area contributed by atoms with Crippen molar-refractivity contribution in [1.29, 1.82) is 0 Å². The third kappa shape index (κ3) is 3.13. The van der Waals surface area contributed by atoms with Crippen LogP contribution in [-0.2, 0) is 9.53 Å². The van der Waals surface area contributed by atoms with E-state index in [1.807, 2.05) is 6.92 Å². The maximum absolute atomic E-state index is 11.0. The number of ether oxygens (including phenoxy) is 1. The van der Waals surface area contributed by atoms with Crippen LogP contribution in [0.3, 0.4) is 0 Å². The van der Waals surface area contributed by atoms with Crippen molar-refractivity contribution in [2.24, 2.45) is 22.7 Å². The molecule has 0 aromatic heterocycles. The molecule has 2 saturated carbocycles. The number of carbonyl (C=O) groups is 1. The van der Waals surface area contributed by atoms with Gasteiger partial charge in [0.1, 0.15) is 0 Å². The first-order chi connectivity index (χ1) is 9.59. The van der Waals surface area contributed by atoms with E-state index in [4.69, 9.17) is 4.74 Å². The summed E-state index contributed by atoms with van der Waals surface area (Å²) in [7, 11) is 0. The molecule has 0 unspecified atom stereocenters. The Labute approximate surface area is 129 Å². The molecule has 21 heavy (non-hydrogen) atoms. The van der Waals surface area contributed by atoms with Crippen molar-refractivity contribution in [2.45, 2.75) is 78.7 Å². The minimum Gasteiger partial charge on any atom is -0.466 e. The standard InChI is InChI=1S/C18H32O3/c1-13(19)21-12-8-15-17(4)10-6-9-16(2,3)14(17)7-11-18(15,5)20/h14-15,20H,6-12H2,1-5H3/t14-,15+,17+,18+/m1/s1. The summed E-state index contributed by atoms with van der Waals surface area (Å²) >= 11 is 0. The van der Waals surface area contributed by atoms with Crippen molar-refractivity contribution in [3.63, 3.8) is 0 Å². The Bertz CT molecular complexity index is 399. The Morgan fingerprint density at radius 1 is 1.19 bits per heavy atom. The smallest absolute Gasteiger partial charge is 0.302 e. The van der Waals surface area contributed by atoms with Crippen molar-refractivity contribution in [3.8, 4) is 0 Å². The molecule has 2 fully saturated rings. The van der Waals surface area contributed by atoms with E-state index in [0.717, 1.165) is 19.3 Å². The maximum atomic E-state index is 11.0. The number of aliphatic hydroxyl groups is 1. The summed E-state index contributed by atoms with van der Waals surface area (Å²) in [5.74, 6) is 0.639. The quantitative estimate of drug-likeness (QED) is 0.803. The summed E-state index contributed by atoms with van der Waals surface area (Å²) in [6, 6.07) is 0. The molecule has 2 rings (SSSR count). The number of hydrogen-bond donors (Lipinski definition) is 1. The molecule has 0 amide bonds. The van der Waals surface area contributed by atoms with Crippen LogP contribution in [0.15, 0.2) is 0 Å². The molecule has 0 aliphatic heterocycles. The lowest BCUT2D eigenvalue weighted by molar-refractivity contribution is -0.175. The molecule has 0 heterocycles. The molecule has 122 valence electrons. The highest BCUT2D eigenvalue weighted by molar-refractivity contribution is 5.65. The molecule has 0 bridgehead atoms. The van der Waals surface area contributed by atoms with Crippen molar-refractivity contribution >= 4 is 5.97 Å². The molecule has 0 spiro atoms. The molecule has 0 radical (unpaired) electrons. The van der Waals surface area contributed by atoms with Gasteiger partial charge in [-0.05, 0) is 61.7 Å². The predicted octanol–water partition coefficient (Wildman–Crippen LogP) is 3.93. The molecule has 0 saturated heterocycles. The molecule has 3 heteroatoms. The van der Waals surface area contributed by atoms with E-state index < -0.39 is 5.60 Å². The van der Waals surface area contributed by atoms with Gasteiger partial charge in [-0.1, -0.05) is 27.2 Å². The van der Waals surface area contributed by atoms with E-state index in [1.54, 1.807) is 0 Å². The number of carbonyl (C=O) groups excluding carboxylic acids is 1. The lowest BCUT2D eigenvalue weighted by Crippen LogP contribution is -2.57. The highest BCUT2D eigenvalue weighted by Gasteiger charge is 2.57. The second-order valence-electron chi connectivity index (χ2n) is 8.48. The van der Waals surface area contributed by atoms with Crippen LogP contribution in [0.5, 0.6) is 0 Å². The average molecular weight is 296 g/mol. The minimum absolute atomic E-state index is 0.156. The van der Waals surface area contributed by atoms with Gasteiger partial charge in [0.2, 0.25) is 0 Å². The van der Waals surface area contributed by atoms with Crippen molar-refractivity contribution < 1.29 is 14.6 Å². The molecular formula is C18H32O3. The van der Waals surface area contributed by atoms with E-state index in [2.05, 4.69) is 20.8 Å². The first-order valence-corrected chi connectivity index (χ1v) is 8.45. The number of hydrogen-bond acceptors (Lipinski definition) is 3. The van der Waals surface area contributed by atoms with E-state index in [-0.39, 0.29) is 17.3 Å². The minimum atomic E-state index is -0.640. The number of esters is 1. The lowest BCUT2D eigenvalue weighted by atomic mass is 9.45. The van der Waals surface area contributed by atoms with Gasteiger partial charge < -0.3 is 9.84 Å². The lowest BCUT2D eigenvalue weighted by Gasteiger charge is -2.61. The van der Waals surface area contributed by atoms with Crippen LogP contribution in [0.25, 0.3) is 0 Å². The second kappa shape index (κ2) is 5.57. The molecule has 0 aromatic rings. The van der Waals surface area contributed by atoms with Crippen LogP contribution in [0, 0.1) is 22.7 Å². The van der Waals surface area contributed by atoms with Gasteiger partial charge in [0.25, 0.3) is 0 Å². The summed E-state index contributed by atoms with van der Waals surface area (Å²) in [6.07, 6.45) is 6.45. The zero-order valence-electron chi connectivity index (χ0n) is 14.4. The summed E-state index contributed by atoms with van der Waals surface area (Å²) in [6.45, 7) is 11.0. The monoisotopic (exact) mass is 296 g/mol. The SMILES string of the molecule is CC(=O)OCC[C@H]1[C@@]2(C)CCCC(C)(C)[C@H]2CC[C@]1(C)O. The Kier molecular flexibility index (Phi) is 4.45. The Balaban J connectivity index is 2.22. The van der Waals surface area contributed by atoms with Crippen molar-refractivity contribution in [3.05, 3.63) is 0 Å². The molecule has 3 nitrogen and oxygen atoms in total. The molecule has 2 aliphatic rings. The van der Waals surface area contributed by atoms with E-state index in [1.165, 1.54) is 26.2 Å². The van der Waals surface area contributed by atoms with Gasteiger partial charge in [0, 0.05) is 6.92 Å². The second-order valence-corrected chi connectivity index (χ2v) is 8.48. The molecule has 2 aliphatic carbocycles. The van der Waals surface area contributed by atoms with Crippen LogP contribution >= 0.6 is 0 Å². The van der Waals surface area contributed by atoms with Gasteiger partial charge in [-0.15, -0.1) is 0 Å². The van der Waals surface area contributed by atoms with Gasteiger partial charge in [-0.2, -0.15) is 0 Å². The average Bonchev–Trinajstić information content (AvgIpc) is 2.31. The van der Waals surface area contributed by atoms with Crippen molar-refractivity contribution in [2.75, 3.05) is 6.61 Å². The molecule has 0 aromatic carbocycles. The normalized spacial score (nSPS) is 42.2. The number of rotatable bonds is 3. The first-order valence-electron chi connectivity index (χ1n) is 8.45. The third-order valence-corrected chi connectivity index (χ3v) is 6.47. The van der Waals surface area contributed by atoms with Gasteiger partial charge >= 0.3 is 5.97 Å². The highest BCUT2D eigenvalue weighted by Crippen LogP contribution is 2.62. The van der Waals surface area contributed by atoms with Crippen LogP contribution in [0.2, 0.25) is 0 Å².